The third kappa shape index (κ3) is 3.86. The van der Waals surface area contributed by atoms with Gasteiger partial charge in [0.25, 0.3) is 0 Å². The minimum absolute atomic E-state index is 0.0226. The normalized spacial score (nSPS) is 10.0. The molecular weight excluding hydrogens is 274 g/mol. The highest BCUT2D eigenvalue weighted by Crippen LogP contribution is 2.18. The summed E-state index contributed by atoms with van der Waals surface area (Å²) in [5.74, 6) is -1.35. The maximum Gasteiger partial charge on any atom is 0.234 e. The van der Waals surface area contributed by atoms with Crippen LogP contribution in [0.15, 0.2) is 59.5 Å². The maximum absolute atomic E-state index is 11.8. The van der Waals surface area contributed by atoms with E-state index in [9.17, 15) is 14.7 Å². The van der Waals surface area contributed by atoms with Gasteiger partial charge in [0.2, 0.25) is 5.91 Å². The molecule has 0 aliphatic heterocycles. The van der Waals surface area contributed by atoms with Gasteiger partial charge in [-0.3, -0.25) is 4.79 Å². The van der Waals surface area contributed by atoms with E-state index in [0.29, 0.717) is 0 Å². The van der Waals surface area contributed by atoms with Crippen LogP contribution in [0.2, 0.25) is 0 Å². The van der Waals surface area contributed by atoms with Crippen LogP contribution in [0.3, 0.4) is 0 Å². The van der Waals surface area contributed by atoms with Crippen molar-refractivity contribution in [2.24, 2.45) is 0 Å². The third-order valence-electron chi connectivity index (χ3n) is 2.53. The highest BCUT2D eigenvalue weighted by molar-refractivity contribution is 8.00. The first-order valence-corrected chi connectivity index (χ1v) is 6.93. The smallest absolute Gasteiger partial charge is 0.234 e. The average molecular weight is 286 g/mol. The van der Waals surface area contributed by atoms with Gasteiger partial charge in [0.1, 0.15) is 0 Å². The molecule has 102 valence electrons. The van der Waals surface area contributed by atoms with Crippen molar-refractivity contribution in [3.05, 3.63) is 60.2 Å². The highest BCUT2D eigenvalue weighted by atomic mass is 32.2. The molecule has 0 saturated carbocycles. The van der Waals surface area contributed by atoms with Crippen LogP contribution in [-0.4, -0.2) is 17.6 Å². The average Bonchev–Trinajstić information content (AvgIpc) is 2.46. The first-order chi connectivity index (χ1) is 9.66. The lowest BCUT2D eigenvalue weighted by atomic mass is 10.2. The van der Waals surface area contributed by atoms with Gasteiger partial charge in [0.15, 0.2) is 0 Å². The summed E-state index contributed by atoms with van der Waals surface area (Å²) in [5.41, 5.74) is 0.233. The fourth-order valence-electron chi connectivity index (χ4n) is 1.62. The molecule has 1 N–H and O–H groups in total. The Hall–Kier alpha value is -2.27. The summed E-state index contributed by atoms with van der Waals surface area (Å²) in [6.45, 7) is 0. The van der Waals surface area contributed by atoms with Crippen molar-refractivity contribution >= 4 is 29.3 Å². The zero-order valence-electron chi connectivity index (χ0n) is 10.5. The number of aromatic carboxylic acids is 1. The van der Waals surface area contributed by atoms with Gasteiger partial charge >= 0.3 is 0 Å². The SMILES string of the molecule is O=C(CSc1ccccc1)Nc1ccccc1C(=O)[O-]. The van der Waals surface area contributed by atoms with Crippen LogP contribution in [0.4, 0.5) is 5.69 Å². The van der Waals surface area contributed by atoms with Gasteiger partial charge in [0.05, 0.1) is 11.7 Å². The molecule has 5 heteroatoms. The zero-order chi connectivity index (χ0) is 14.4. The summed E-state index contributed by atoms with van der Waals surface area (Å²) >= 11 is 1.39. The van der Waals surface area contributed by atoms with Crippen molar-refractivity contribution in [1.82, 2.24) is 0 Å². The maximum atomic E-state index is 11.8. The molecule has 0 aromatic heterocycles. The molecule has 0 aliphatic carbocycles. The molecule has 0 aliphatic rings. The third-order valence-corrected chi connectivity index (χ3v) is 3.55. The molecule has 2 aromatic rings. The molecule has 20 heavy (non-hydrogen) atoms. The van der Waals surface area contributed by atoms with Crippen LogP contribution in [0.25, 0.3) is 0 Å². The Bertz CT molecular complexity index is 614. The molecule has 1 amide bonds. The number of hydrogen-bond acceptors (Lipinski definition) is 4. The van der Waals surface area contributed by atoms with Crippen LogP contribution in [0.1, 0.15) is 10.4 Å². The lowest BCUT2D eigenvalue weighted by molar-refractivity contribution is -0.254. The number of amides is 1. The molecular formula is C15H12NO3S-. The van der Waals surface area contributed by atoms with Crippen molar-refractivity contribution in [2.45, 2.75) is 4.90 Å². The summed E-state index contributed by atoms with van der Waals surface area (Å²) in [6, 6.07) is 15.7. The van der Waals surface area contributed by atoms with Gasteiger partial charge in [-0.25, -0.2) is 0 Å². The molecule has 0 bridgehead atoms. The number of nitrogens with one attached hydrogen (secondary N) is 1. The Morgan fingerprint density at radius 1 is 1.00 bits per heavy atom. The molecule has 2 aromatic carbocycles. The Labute approximate surface area is 120 Å². The van der Waals surface area contributed by atoms with Crippen LogP contribution in [0, 0.1) is 0 Å². The molecule has 0 radical (unpaired) electrons. The summed E-state index contributed by atoms with van der Waals surface area (Å²) in [7, 11) is 0. The number of para-hydroxylation sites is 1. The Morgan fingerprint density at radius 3 is 2.35 bits per heavy atom. The molecule has 2 rings (SSSR count). The van der Waals surface area contributed by atoms with E-state index in [1.54, 1.807) is 12.1 Å². The van der Waals surface area contributed by atoms with E-state index >= 15 is 0 Å². The fraction of sp³-hybridized carbons (Fsp3) is 0.0667. The van der Waals surface area contributed by atoms with E-state index < -0.39 is 5.97 Å². The van der Waals surface area contributed by atoms with Crippen LogP contribution >= 0.6 is 11.8 Å². The molecule has 0 heterocycles. The van der Waals surface area contributed by atoms with E-state index in [2.05, 4.69) is 5.32 Å². The summed E-state index contributed by atoms with van der Waals surface area (Å²) in [6.07, 6.45) is 0. The van der Waals surface area contributed by atoms with E-state index in [1.807, 2.05) is 30.3 Å². The van der Waals surface area contributed by atoms with E-state index in [0.717, 1.165) is 4.90 Å². The van der Waals surface area contributed by atoms with Gasteiger partial charge in [-0.1, -0.05) is 36.4 Å². The number of carboxylic acids is 1. The highest BCUT2D eigenvalue weighted by Gasteiger charge is 2.07. The lowest BCUT2D eigenvalue weighted by Gasteiger charge is -2.11. The number of hydrogen-bond donors (Lipinski definition) is 1. The van der Waals surface area contributed by atoms with Crippen molar-refractivity contribution in [1.29, 1.82) is 0 Å². The minimum atomic E-state index is -1.31. The van der Waals surface area contributed by atoms with Gasteiger partial charge < -0.3 is 15.2 Å². The van der Waals surface area contributed by atoms with Gasteiger partial charge in [-0.2, -0.15) is 0 Å². The number of carbonyl (C=O) groups excluding carboxylic acids is 2. The number of carbonyl (C=O) groups is 2. The van der Waals surface area contributed by atoms with Crippen molar-refractivity contribution in [3.63, 3.8) is 0 Å². The minimum Gasteiger partial charge on any atom is -0.545 e. The van der Waals surface area contributed by atoms with Gasteiger partial charge in [-0.05, 0) is 18.2 Å². The number of anilines is 1. The van der Waals surface area contributed by atoms with Crippen LogP contribution < -0.4 is 10.4 Å². The molecule has 0 atom stereocenters. The summed E-state index contributed by atoms with van der Waals surface area (Å²) in [5, 5.41) is 13.5. The topological polar surface area (TPSA) is 69.2 Å². The van der Waals surface area contributed by atoms with E-state index in [4.69, 9.17) is 0 Å². The van der Waals surface area contributed by atoms with Gasteiger partial charge in [0, 0.05) is 16.1 Å². The van der Waals surface area contributed by atoms with Crippen LogP contribution in [0.5, 0.6) is 0 Å². The summed E-state index contributed by atoms with van der Waals surface area (Å²) in [4.78, 5) is 23.7. The number of thioether (sulfide) groups is 1. The second kappa shape index (κ2) is 6.77. The lowest BCUT2D eigenvalue weighted by Crippen LogP contribution is -2.25. The number of carboxylic acid groups (broad SMARTS) is 1. The first kappa shape index (κ1) is 14.1. The second-order valence-corrected chi connectivity index (χ2v) is 5.03. The predicted molar refractivity (Wildman–Crippen MR) is 76.6 cm³/mol. The largest absolute Gasteiger partial charge is 0.545 e. The monoisotopic (exact) mass is 286 g/mol. The standard InChI is InChI=1S/C15H13NO3S/c17-14(10-20-11-6-2-1-3-7-11)16-13-9-5-4-8-12(13)15(18)19/h1-9H,10H2,(H,16,17)(H,18,19)/p-1. The van der Waals surface area contributed by atoms with Gasteiger partial charge in [-0.15, -0.1) is 11.8 Å². The van der Waals surface area contributed by atoms with E-state index in [-0.39, 0.29) is 22.9 Å². The van der Waals surface area contributed by atoms with Crippen molar-refractivity contribution in [2.75, 3.05) is 11.1 Å². The molecule has 0 unspecified atom stereocenters. The first-order valence-electron chi connectivity index (χ1n) is 5.95. The number of benzene rings is 2. The Balaban J connectivity index is 1.97. The van der Waals surface area contributed by atoms with Crippen molar-refractivity contribution < 1.29 is 14.7 Å². The Morgan fingerprint density at radius 2 is 1.65 bits per heavy atom. The molecule has 0 fully saturated rings. The fourth-order valence-corrected chi connectivity index (χ4v) is 2.34. The quantitative estimate of drug-likeness (QED) is 0.851. The van der Waals surface area contributed by atoms with E-state index in [1.165, 1.54) is 23.9 Å². The predicted octanol–water partition coefficient (Wildman–Crippen LogP) is 1.78. The zero-order valence-corrected chi connectivity index (χ0v) is 11.4. The number of rotatable bonds is 5. The van der Waals surface area contributed by atoms with Crippen molar-refractivity contribution in [3.8, 4) is 0 Å². The van der Waals surface area contributed by atoms with Crippen LogP contribution in [-0.2, 0) is 4.79 Å². The molecule has 0 saturated heterocycles. The molecule has 0 spiro atoms. The molecule has 4 nitrogen and oxygen atoms in total. The Kier molecular flexibility index (Phi) is 4.79. The summed E-state index contributed by atoms with van der Waals surface area (Å²) < 4.78 is 0. The second-order valence-electron chi connectivity index (χ2n) is 3.98.